The molecule has 1 heterocycles. The van der Waals surface area contributed by atoms with Crippen LogP contribution in [0, 0.1) is 0 Å². The van der Waals surface area contributed by atoms with Crippen molar-refractivity contribution in [2.75, 3.05) is 0 Å². The van der Waals surface area contributed by atoms with E-state index in [2.05, 4.69) is 15.2 Å². The van der Waals surface area contributed by atoms with Gasteiger partial charge in [0.05, 0.1) is 6.04 Å². The quantitative estimate of drug-likeness (QED) is 0.769. The van der Waals surface area contributed by atoms with Crippen molar-refractivity contribution < 1.29 is 0 Å². The van der Waals surface area contributed by atoms with Gasteiger partial charge < -0.3 is 4.98 Å². The summed E-state index contributed by atoms with van der Waals surface area (Å²) in [6.07, 6.45) is 0. The largest absolute Gasteiger partial charge is 0.305 e. The molecule has 0 saturated carbocycles. The van der Waals surface area contributed by atoms with Crippen LogP contribution in [-0.4, -0.2) is 11.0 Å². The summed E-state index contributed by atoms with van der Waals surface area (Å²) in [5, 5.41) is 9.89. The Kier molecular flexibility index (Phi) is 2.81. The van der Waals surface area contributed by atoms with E-state index in [1.54, 1.807) is 6.07 Å². The first kappa shape index (κ1) is 10.5. The van der Waals surface area contributed by atoms with E-state index in [9.17, 15) is 4.79 Å². The van der Waals surface area contributed by atoms with Crippen molar-refractivity contribution in [2.45, 2.75) is 19.9 Å². The van der Waals surface area contributed by atoms with E-state index >= 15 is 0 Å². The molecule has 1 N–H and O–H groups in total. The molecule has 0 spiro atoms. The van der Waals surface area contributed by atoms with E-state index in [0.29, 0.717) is 5.82 Å². The van der Waals surface area contributed by atoms with Gasteiger partial charge in [0, 0.05) is 11.5 Å². The molecule has 0 aliphatic rings. The van der Waals surface area contributed by atoms with E-state index in [0.717, 1.165) is 10.8 Å². The molecule has 1 aromatic carbocycles. The van der Waals surface area contributed by atoms with E-state index in [4.69, 9.17) is 0 Å². The third-order valence-corrected chi connectivity index (χ3v) is 2.13. The minimum Gasteiger partial charge on any atom is -0.305 e. The van der Waals surface area contributed by atoms with Gasteiger partial charge in [-0.05, 0) is 19.2 Å². The van der Waals surface area contributed by atoms with Crippen LogP contribution in [-0.2, 0) is 0 Å². The lowest BCUT2D eigenvalue weighted by Gasteiger charge is -2.00. The zero-order chi connectivity index (χ0) is 11.5. The van der Waals surface area contributed by atoms with Gasteiger partial charge in [-0.25, -0.2) is 0 Å². The second-order valence-corrected chi connectivity index (χ2v) is 3.88. The maximum Gasteiger partial charge on any atom is 0.250 e. The van der Waals surface area contributed by atoms with Crippen LogP contribution in [0.4, 0.5) is 5.82 Å². The van der Waals surface area contributed by atoms with Crippen molar-refractivity contribution in [1.29, 1.82) is 0 Å². The molecule has 0 aliphatic heterocycles. The minimum absolute atomic E-state index is 0.113. The number of aromatic amines is 1. The number of nitrogens with one attached hydrogen (secondary N) is 1. The summed E-state index contributed by atoms with van der Waals surface area (Å²) in [7, 11) is 0. The fourth-order valence-electron chi connectivity index (χ4n) is 1.45. The number of hydrogen-bond donors (Lipinski definition) is 1. The number of fused-ring (bicyclic) bond motifs is 1. The van der Waals surface area contributed by atoms with Crippen LogP contribution >= 0.6 is 0 Å². The summed E-state index contributed by atoms with van der Waals surface area (Å²) in [6.45, 7) is 3.87. The molecule has 4 nitrogen and oxygen atoms in total. The third kappa shape index (κ3) is 2.16. The molecule has 82 valence electrons. The second-order valence-electron chi connectivity index (χ2n) is 3.88. The highest BCUT2D eigenvalue weighted by atomic mass is 16.1. The summed E-state index contributed by atoms with van der Waals surface area (Å²) >= 11 is 0. The molecule has 16 heavy (non-hydrogen) atoms. The Morgan fingerprint density at radius 1 is 1.25 bits per heavy atom. The number of H-pyrrole nitrogens is 1. The van der Waals surface area contributed by atoms with Gasteiger partial charge in [-0.1, -0.05) is 24.3 Å². The third-order valence-electron chi connectivity index (χ3n) is 2.13. The normalized spacial score (nSPS) is 11.7. The molecular weight excluding hydrogens is 202 g/mol. The molecule has 0 fully saturated rings. The molecule has 0 unspecified atom stereocenters. The number of aromatic nitrogens is 1. The smallest absolute Gasteiger partial charge is 0.250 e. The topological polar surface area (TPSA) is 57.6 Å². The monoisotopic (exact) mass is 215 g/mol. The first-order chi connectivity index (χ1) is 7.66. The summed E-state index contributed by atoms with van der Waals surface area (Å²) in [5.41, 5.74) is -0.156. The summed E-state index contributed by atoms with van der Waals surface area (Å²) < 4.78 is 0. The minimum atomic E-state index is -0.156. The summed E-state index contributed by atoms with van der Waals surface area (Å²) in [4.78, 5) is 14.1. The Bertz CT molecular complexity index is 584. The van der Waals surface area contributed by atoms with Crippen LogP contribution in [0.5, 0.6) is 0 Å². The fourth-order valence-corrected chi connectivity index (χ4v) is 1.45. The Labute approximate surface area is 93.0 Å². The Balaban J connectivity index is 2.63. The molecular formula is C12H13N3O. The van der Waals surface area contributed by atoms with Gasteiger partial charge in [-0.2, -0.15) is 5.11 Å². The molecule has 1 aromatic heterocycles. The van der Waals surface area contributed by atoms with Gasteiger partial charge in [0.25, 0.3) is 0 Å². The molecule has 0 saturated heterocycles. The average molecular weight is 215 g/mol. The van der Waals surface area contributed by atoms with Crippen LogP contribution in [0.1, 0.15) is 13.8 Å². The highest BCUT2D eigenvalue weighted by Gasteiger charge is 2.01. The van der Waals surface area contributed by atoms with Gasteiger partial charge >= 0.3 is 0 Å². The van der Waals surface area contributed by atoms with E-state index in [-0.39, 0.29) is 11.6 Å². The molecule has 0 bridgehead atoms. The second kappa shape index (κ2) is 4.26. The van der Waals surface area contributed by atoms with Gasteiger partial charge in [0.15, 0.2) is 5.82 Å². The molecule has 0 aliphatic carbocycles. The van der Waals surface area contributed by atoms with Crippen molar-refractivity contribution in [3.05, 3.63) is 40.7 Å². The Morgan fingerprint density at radius 2 is 2.00 bits per heavy atom. The Morgan fingerprint density at radius 3 is 2.75 bits per heavy atom. The van der Waals surface area contributed by atoms with E-state index in [1.807, 2.05) is 38.1 Å². The lowest BCUT2D eigenvalue weighted by Crippen LogP contribution is -2.02. The first-order valence-electron chi connectivity index (χ1n) is 5.20. The van der Waals surface area contributed by atoms with Crippen molar-refractivity contribution in [2.24, 2.45) is 10.2 Å². The zero-order valence-electron chi connectivity index (χ0n) is 9.27. The molecule has 4 heteroatoms. The molecule has 2 rings (SSSR count). The van der Waals surface area contributed by atoms with Gasteiger partial charge in [-0.3, -0.25) is 4.79 Å². The molecule has 0 atom stereocenters. The number of azo groups is 1. The number of pyridine rings is 1. The van der Waals surface area contributed by atoms with Crippen LogP contribution in [0.15, 0.2) is 45.4 Å². The number of hydrogen-bond acceptors (Lipinski definition) is 3. The predicted molar refractivity (Wildman–Crippen MR) is 64.2 cm³/mol. The SMILES string of the molecule is CC(C)N=Nc1[nH]c(=O)cc2ccccc12. The lowest BCUT2D eigenvalue weighted by molar-refractivity contribution is 0.776. The highest BCUT2D eigenvalue weighted by molar-refractivity contribution is 5.90. The van der Waals surface area contributed by atoms with Crippen molar-refractivity contribution in [1.82, 2.24) is 4.98 Å². The summed E-state index contributed by atoms with van der Waals surface area (Å²) in [6, 6.07) is 9.28. The molecule has 0 amide bonds. The number of nitrogens with zero attached hydrogens (tertiary/aromatic N) is 2. The number of rotatable bonds is 2. The van der Waals surface area contributed by atoms with Gasteiger partial charge in [0.1, 0.15) is 0 Å². The number of benzene rings is 1. The van der Waals surface area contributed by atoms with E-state index < -0.39 is 0 Å². The maximum absolute atomic E-state index is 11.4. The van der Waals surface area contributed by atoms with Crippen LogP contribution in [0.3, 0.4) is 0 Å². The fraction of sp³-hybridized carbons (Fsp3) is 0.250. The first-order valence-corrected chi connectivity index (χ1v) is 5.20. The zero-order valence-corrected chi connectivity index (χ0v) is 9.27. The van der Waals surface area contributed by atoms with Crippen molar-refractivity contribution in [3.63, 3.8) is 0 Å². The van der Waals surface area contributed by atoms with E-state index in [1.165, 1.54) is 0 Å². The van der Waals surface area contributed by atoms with Crippen LogP contribution in [0.2, 0.25) is 0 Å². The molecule has 2 aromatic rings. The average Bonchev–Trinajstić information content (AvgIpc) is 2.25. The van der Waals surface area contributed by atoms with Crippen molar-refractivity contribution in [3.8, 4) is 0 Å². The molecule has 0 radical (unpaired) electrons. The van der Waals surface area contributed by atoms with Crippen LogP contribution < -0.4 is 5.56 Å². The highest BCUT2D eigenvalue weighted by Crippen LogP contribution is 2.21. The Hall–Kier alpha value is -1.97. The lowest BCUT2D eigenvalue weighted by atomic mass is 10.2. The maximum atomic E-state index is 11.4. The standard InChI is InChI=1S/C12H13N3O/c1-8(2)14-15-12-10-6-4-3-5-9(10)7-11(16)13-12/h3-8H,1-2H3,(H,13,16). The van der Waals surface area contributed by atoms with Crippen molar-refractivity contribution >= 4 is 16.6 Å². The van der Waals surface area contributed by atoms with Crippen LogP contribution in [0.25, 0.3) is 10.8 Å². The van der Waals surface area contributed by atoms with Gasteiger partial charge in [-0.15, -0.1) is 5.11 Å². The predicted octanol–water partition coefficient (Wildman–Crippen LogP) is 3.02. The van der Waals surface area contributed by atoms with Gasteiger partial charge in [0.2, 0.25) is 5.56 Å². The summed E-state index contributed by atoms with van der Waals surface area (Å²) in [5.74, 6) is 0.525.